The molecule has 0 aliphatic rings. The minimum absolute atomic E-state index is 0.00183. The number of quaternary nitrogens is 1. The van der Waals surface area contributed by atoms with Crippen LogP contribution < -0.4 is 10.2 Å². The first-order chi connectivity index (χ1) is 20.5. The van der Waals surface area contributed by atoms with Crippen molar-refractivity contribution < 1.29 is 32.9 Å². The lowest BCUT2D eigenvalue weighted by atomic mass is 10.0. The van der Waals surface area contributed by atoms with Crippen molar-refractivity contribution in [3.63, 3.8) is 0 Å². The normalized spacial score (nSPS) is 15.0. The lowest BCUT2D eigenvalue weighted by Gasteiger charge is -2.29. The molecular formula is C34H69N2O6P. The van der Waals surface area contributed by atoms with Gasteiger partial charge < -0.3 is 28.8 Å². The maximum absolute atomic E-state index is 12.1. The molecule has 2 N–H and O–H groups in total. The van der Waals surface area contributed by atoms with Gasteiger partial charge in [-0.3, -0.25) is 9.36 Å². The summed E-state index contributed by atoms with van der Waals surface area (Å²) in [6, 6.07) is -0.877. The Balaban J connectivity index is 3.91. The molecule has 0 fully saturated rings. The summed E-state index contributed by atoms with van der Waals surface area (Å²) >= 11 is 0. The number of carbonyl (C=O) groups is 1. The van der Waals surface area contributed by atoms with E-state index in [2.05, 4.69) is 12.2 Å². The van der Waals surface area contributed by atoms with Crippen LogP contribution in [0.2, 0.25) is 0 Å². The number of amides is 1. The van der Waals surface area contributed by atoms with Gasteiger partial charge >= 0.3 is 0 Å². The number of likely N-dealkylation sites (N-methyl/N-ethyl adjacent to an activating group) is 1. The molecule has 0 saturated heterocycles. The maximum Gasteiger partial charge on any atom is 0.268 e. The SMILES string of the molecule is CCCCCCCCCCCCCCCCCCCCC/C=C/C(O)C(COP(=O)([O-])OCC[N+](C)(C)C)NC(=O)CC. The summed E-state index contributed by atoms with van der Waals surface area (Å²) in [5.41, 5.74) is 0. The van der Waals surface area contributed by atoms with Crippen LogP contribution in [0, 0.1) is 0 Å². The molecule has 0 aliphatic heterocycles. The van der Waals surface area contributed by atoms with Gasteiger partial charge in [0.2, 0.25) is 5.91 Å². The summed E-state index contributed by atoms with van der Waals surface area (Å²) in [5, 5.41) is 13.2. The molecule has 0 heterocycles. The van der Waals surface area contributed by atoms with Crippen molar-refractivity contribution >= 4 is 13.7 Å². The first-order valence-corrected chi connectivity index (χ1v) is 19.0. The Morgan fingerprint density at radius 1 is 0.791 bits per heavy atom. The van der Waals surface area contributed by atoms with Crippen molar-refractivity contribution in [3.05, 3.63) is 12.2 Å². The minimum Gasteiger partial charge on any atom is -0.756 e. The van der Waals surface area contributed by atoms with Gasteiger partial charge in [0, 0.05) is 6.42 Å². The van der Waals surface area contributed by atoms with E-state index >= 15 is 0 Å². The highest BCUT2D eigenvalue weighted by Crippen LogP contribution is 2.38. The number of hydrogen-bond donors (Lipinski definition) is 2. The number of nitrogens with zero attached hydrogens (tertiary/aromatic N) is 1. The molecule has 0 radical (unpaired) electrons. The number of carbonyl (C=O) groups excluding carboxylic acids is 1. The van der Waals surface area contributed by atoms with Crippen LogP contribution in [0.4, 0.5) is 0 Å². The number of phosphoric acid groups is 1. The smallest absolute Gasteiger partial charge is 0.268 e. The summed E-state index contributed by atoms with van der Waals surface area (Å²) in [6.45, 7) is 4.08. The standard InChI is InChI=1S/C34H69N2O6P/c1-6-8-9-10-11-12-13-14-15-16-17-18-19-20-21-22-23-24-25-26-27-28-33(37)32(35-34(38)7-2)31-42-43(39,40)41-30-29-36(3,4)5/h27-28,32-33,37H,6-26,29-31H2,1-5H3,(H-,35,38,39,40)/b28-27+. The lowest BCUT2D eigenvalue weighted by Crippen LogP contribution is -2.45. The molecule has 3 unspecified atom stereocenters. The fraction of sp³-hybridized carbons (Fsp3) is 0.912. The van der Waals surface area contributed by atoms with Gasteiger partial charge in [0.05, 0.1) is 39.9 Å². The van der Waals surface area contributed by atoms with Gasteiger partial charge in [0.15, 0.2) is 0 Å². The predicted molar refractivity (Wildman–Crippen MR) is 178 cm³/mol. The first-order valence-electron chi connectivity index (χ1n) is 17.6. The van der Waals surface area contributed by atoms with Crippen molar-refractivity contribution in [2.45, 2.75) is 161 Å². The van der Waals surface area contributed by atoms with Crippen LogP contribution in [0.5, 0.6) is 0 Å². The van der Waals surface area contributed by atoms with Crippen LogP contribution in [0.1, 0.15) is 149 Å². The Labute approximate surface area is 265 Å². The van der Waals surface area contributed by atoms with Gasteiger partial charge in [-0.25, -0.2) is 0 Å². The zero-order valence-electron chi connectivity index (χ0n) is 28.7. The largest absolute Gasteiger partial charge is 0.756 e. The molecule has 8 nitrogen and oxygen atoms in total. The quantitative estimate of drug-likeness (QED) is 0.0349. The third-order valence-electron chi connectivity index (χ3n) is 7.81. The Morgan fingerprint density at radius 2 is 1.23 bits per heavy atom. The van der Waals surface area contributed by atoms with E-state index in [-0.39, 0.29) is 25.5 Å². The molecule has 0 aromatic heterocycles. The van der Waals surface area contributed by atoms with Crippen LogP contribution >= 0.6 is 7.82 Å². The summed E-state index contributed by atoms with van der Waals surface area (Å²) in [4.78, 5) is 24.0. The van der Waals surface area contributed by atoms with Crippen LogP contribution in [0.3, 0.4) is 0 Å². The number of aliphatic hydroxyl groups excluding tert-OH is 1. The van der Waals surface area contributed by atoms with Crippen LogP contribution in [-0.4, -0.2) is 68.5 Å². The number of unbranched alkanes of at least 4 members (excludes halogenated alkanes) is 19. The fourth-order valence-electron chi connectivity index (χ4n) is 4.88. The van der Waals surface area contributed by atoms with Gasteiger partial charge in [-0.15, -0.1) is 0 Å². The molecule has 0 aromatic carbocycles. The van der Waals surface area contributed by atoms with Gasteiger partial charge in [-0.05, 0) is 12.8 Å². The van der Waals surface area contributed by atoms with E-state index in [9.17, 15) is 19.4 Å². The number of allylic oxidation sites excluding steroid dienone is 1. The average molecular weight is 633 g/mol. The highest BCUT2D eigenvalue weighted by Gasteiger charge is 2.22. The third-order valence-corrected chi connectivity index (χ3v) is 8.78. The average Bonchev–Trinajstić information content (AvgIpc) is 2.94. The second-order valence-electron chi connectivity index (χ2n) is 13.2. The van der Waals surface area contributed by atoms with E-state index < -0.39 is 20.0 Å². The van der Waals surface area contributed by atoms with Crippen molar-refractivity contribution in [2.75, 3.05) is 40.9 Å². The highest BCUT2D eigenvalue weighted by atomic mass is 31.2. The first kappa shape index (κ1) is 42.2. The third kappa shape index (κ3) is 29.7. The maximum atomic E-state index is 12.1. The molecule has 256 valence electrons. The summed E-state index contributed by atoms with van der Waals surface area (Å²) in [7, 11) is 1.25. The molecule has 1 amide bonds. The molecule has 0 saturated carbocycles. The van der Waals surface area contributed by atoms with Crippen molar-refractivity contribution in [3.8, 4) is 0 Å². The van der Waals surface area contributed by atoms with E-state index in [4.69, 9.17) is 9.05 Å². The second-order valence-corrected chi connectivity index (χ2v) is 14.6. The Hall–Kier alpha value is -0.760. The molecule has 43 heavy (non-hydrogen) atoms. The number of aliphatic hydroxyl groups is 1. The summed E-state index contributed by atoms with van der Waals surface area (Å²) in [5.74, 6) is -0.286. The lowest BCUT2D eigenvalue weighted by molar-refractivity contribution is -0.870. The van der Waals surface area contributed by atoms with E-state index in [1.165, 1.54) is 109 Å². The molecule has 3 atom stereocenters. The van der Waals surface area contributed by atoms with Crippen LogP contribution in [-0.2, 0) is 18.4 Å². The van der Waals surface area contributed by atoms with E-state index in [0.717, 1.165) is 19.3 Å². The second kappa shape index (κ2) is 27.5. The number of nitrogens with one attached hydrogen (secondary N) is 1. The number of phosphoric ester groups is 1. The van der Waals surface area contributed by atoms with Crippen molar-refractivity contribution in [1.29, 1.82) is 0 Å². The van der Waals surface area contributed by atoms with Gasteiger partial charge in [-0.1, -0.05) is 142 Å². The Bertz CT molecular complexity index is 728. The molecule has 9 heteroatoms. The zero-order chi connectivity index (χ0) is 32.2. The number of rotatable bonds is 31. The fourth-order valence-corrected chi connectivity index (χ4v) is 5.60. The Kier molecular flexibility index (Phi) is 27.1. The minimum atomic E-state index is -4.54. The van der Waals surface area contributed by atoms with Gasteiger partial charge in [0.1, 0.15) is 13.2 Å². The van der Waals surface area contributed by atoms with E-state index in [1.54, 1.807) is 13.0 Å². The van der Waals surface area contributed by atoms with Crippen LogP contribution in [0.15, 0.2) is 12.2 Å². The monoisotopic (exact) mass is 632 g/mol. The Morgan fingerprint density at radius 3 is 1.65 bits per heavy atom. The molecule has 0 spiro atoms. The van der Waals surface area contributed by atoms with Crippen molar-refractivity contribution in [1.82, 2.24) is 5.32 Å². The van der Waals surface area contributed by atoms with E-state index in [0.29, 0.717) is 11.0 Å². The van der Waals surface area contributed by atoms with Crippen LogP contribution in [0.25, 0.3) is 0 Å². The summed E-state index contributed by atoms with van der Waals surface area (Å²) < 4.78 is 22.6. The van der Waals surface area contributed by atoms with Gasteiger partial charge in [0.25, 0.3) is 7.82 Å². The predicted octanol–water partition coefficient (Wildman–Crippen LogP) is 7.83. The van der Waals surface area contributed by atoms with Gasteiger partial charge in [-0.2, -0.15) is 0 Å². The topological polar surface area (TPSA) is 108 Å². The molecule has 0 aromatic rings. The molecule has 0 rings (SSSR count). The highest BCUT2D eigenvalue weighted by molar-refractivity contribution is 7.45. The zero-order valence-corrected chi connectivity index (χ0v) is 29.6. The summed E-state index contributed by atoms with van der Waals surface area (Å²) in [6.07, 6.45) is 29.1. The molecule has 0 aliphatic carbocycles. The van der Waals surface area contributed by atoms with Crippen molar-refractivity contribution in [2.24, 2.45) is 0 Å². The molecular weight excluding hydrogens is 563 g/mol. The van der Waals surface area contributed by atoms with E-state index in [1.807, 2.05) is 27.2 Å². The molecule has 0 bridgehead atoms. The number of hydrogen-bond acceptors (Lipinski definition) is 6.